The van der Waals surface area contributed by atoms with Crippen molar-refractivity contribution in [2.45, 2.75) is 51.0 Å². The van der Waals surface area contributed by atoms with Gasteiger partial charge in [-0.15, -0.1) is 12.4 Å². The molecule has 1 fully saturated rings. The molecule has 0 aromatic heterocycles. The van der Waals surface area contributed by atoms with Crippen LogP contribution in [0.5, 0.6) is 0 Å². The van der Waals surface area contributed by atoms with Crippen LogP contribution in [0.1, 0.15) is 45.4 Å². The Kier molecular flexibility index (Phi) is 5.06. The topological polar surface area (TPSA) is 35.2 Å². The van der Waals surface area contributed by atoms with Gasteiger partial charge < -0.3 is 0 Å². The summed E-state index contributed by atoms with van der Waals surface area (Å²) in [5, 5.41) is 0. The first-order valence-corrected chi connectivity index (χ1v) is 4.15. The van der Waals surface area contributed by atoms with E-state index in [0.29, 0.717) is 0 Å². The van der Waals surface area contributed by atoms with Gasteiger partial charge in [0.05, 0.1) is 5.60 Å². The zero-order valence-corrected chi connectivity index (χ0v) is 7.95. The van der Waals surface area contributed by atoms with E-state index in [0.717, 1.165) is 12.8 Å². The average molecular weight is 180 g/mol. The van der Waals surface area contributed by atoms with Crippen LogP contribution in [0, 0.1) is 0 Å². The second kappa shape index (κ2) is 4.96. The molecule has 1 aliphatic carbocycles. The highest BCUT2D eigenvalue weighted by molar-refractivity contribution is 5.85. The molecule has 0 aromatic carbocycles. The molecule has 1 rings (SSSR count). The van der Waals surface area contributed by atoms with E-state index < -0.39 is 0 Å². The van der Waals surface area contributed by atoms with E-state index in [1.54, 1.807) is 0 Å². The standard InChI is InChI=1S/C8H17NO.ClH/c1-8(10-9)6-4-2-3-5-7-8;/h2-7,9H2,1H3;1H. The molecule has 68 valence electrons. The summed E-state index contributed by atoms with van der Waals surface area (Å²) in [6.07, 6.45) is 7.49. The molecule has 3 heteroatoms. The van der Waals surface area contributed by atoms with Gasteiger partial charge in [0.2, 0.25) is 0 Å². The van der Waals surface area contributed by atoms with Crippen molar-refractivity contribution in [3.63, 3.8) is 0 Å². The van der Waals surface area contributed by atoms with Gasteiger partial charge >= 0.3 is 0 Å². The minimum Gasteiger partial charge on any atom is -0.298 e. The molecule has 2 nitrogen and oxygen atoms in total. The lowest BCUT2D eigenvalue weighted by Gasteiger charge is -2.24. The molecule has 0 aliphatic heterocycles. The Balaban J connectivity index is 0.000001000. The van der Waals surface area contributed by atoms with Crippen molar-refractivity contribution in [1.82, 2.24) is 0 Å². The fourth-order valence-corrected chi connectivity index (χ4v) is 1.59. The molecular weight excluding hydrogens is 162 g/mol. The lowest BCUT2D eigenvalue weighted by molar-refractivity contribution is -0.0443. The zero-order valence-electron chi connectivity index (χ0n) is 7.14. The third-order valence-electron chi connectivity index (χ3n) is 2.45. The van der Waals surface area contributed by atoms with Crippen LogP contribution in [0.4, 0.5) is 0 Å². The first-order valence-electron chi connectivity index (χ1n) is 4.15. The van der Waals surface area contributed by atoms with E-state index in [-0.39, 0.29) is 18.0 Å². The summed E-state index contributed by atoms with van der Waals surface area (Å²) in [5.41, 5.74) is -0.0174. The molecule has 0 spiro atoms. The Morgan fingerprint density at radius 3 is 1.91 bits per heavy atom. The summed E-state index contributed by atoms with van der Waals surface area (Å²) in [6.45, 7) is 2.11. The Bertz CT molecular complexity index is 100. The quantitative estimate of drug-likeness (QED) is 0.496. The summed E-state index contributed by atoms with van der Waals surface area (Å²) < 4.78 is 0. The van der Waals surface area contributed by atoms with Crippen molar-refractivity contribution in [3.8, 4) is 0 Å². The van der Waals surface area contributed by atoms with Crippen LogP contribution in [0.25, 0.3) is 0 Å². The summed E-state index contributed by atoms with van der Waals surface area (Å²) in [5.74, 6) is 5.21. The largest absolute Gasteiger partial charge is 0.298 e. The van der Waals surface area contributed by atoms with Gasteiger partial charge in [-0.2, -0.15) is 0 Å². The summed E-state index contributed by atoms with van der Waals surface area (Å²) in [6, 6.07) is 0. The monoisotopic (exact) mass is 179 g/mol. The van der Waals surface area contributed by atoms with Crippen LogP contribution in [0.15, 0.2) is 0 Å². The predicted molar refractivity (Wildman–Crippen MR) is 48.6 cm³/mol. The van der Waals surface area contributed by atoms with Crippen LogP contribution in [0.2, 0.25) is 0 Å². The molecule has 0 radical (unpaired) electrons. The van der Waals surface area contributed by atoms with Crippen LogP contribution < -0.4 is 5.90 Å². The van der Waals surface area contributed by atoms with Gasteiger partial charge in [0, 0.05) is 0 Å². The van der Waals surface area contributed by atoms with Crippen LogP contribution in [-0.4, -0.2) is 5.60 Å². The van der Waals surface area contributed by atoms with Crippen molar-refractivity contribution in [2.24, 2.45) is 5.90 Å². The fourth-order valence-electron chi connectivity index (χ4n) is 1.59. The molecule has 0 heterocycles. The highest BCUT2D eigenvalue weighted by Crippen LogP contribution is 2.28. The zero-order chi connectivity index (χ0) is 7.45. The molecule has 11 heavy (non-hydrogen) atoms. The maximum Gasteiger partial charge on any atom is 0.0865 e. The van der Waals surface area contributed by atoms with Gasteiger partial charge in [0.1, 0.15) is 0 Å². The van der Waals surface area contributed by atoms with E-state index in [1.165, 1.54) is 25.7 Å². The lowest BCUT2D eigenvalue weighted by Crippen LogP contribution is -2.30. The number of hydrogen-bond donors (Lipinski definition) is 1. The second-order valence-corrected chi connectivity index (χ2v) is 3.48. The average Bonchev–Trinajstić information content (AvgIpc) is 2.15. The molecule has 2 N–H and O–H groups in total. The predicted octanol–water partition coefficient (Wildman–Crippen LogP) is 2.41. The Morgan fingerprint density at radius 1 is 1.09 bits per heavy atom. The minimum atomic E-state index is -0.0174. The van der Waals surface area contributed by atoms with E-state index >= 15 is 0 Å². The van der Waals surface area contributed by atoms with Crippen LogP contribution in [-0.2, 0) is 4.84 Å². The highest BCUT2D eigenvalue weighted by Gasteiger charge is 2.25. The van der Waals surface area contributed by atoms with E-state index in [2.05, 4.69) is 6.92 Å². The van der Waals surface area contributed by atoms with Gasteiger partial charge in [-0.1, -0.05) is 25.7 Å². The van der Waals surface area contributed by atoms with Crippen molar-refractivity contribution in [1.29, 1.82) is 0 Å². The Hall–Kier alpha value is 0.210. The highest BCUT2D eigenvalue weighted by atomic mass is 35.5. The molecular formula is C8H18ClNO. The van der Waals surface area contributed by atoms with Crippen LogP contribution >= 0.6 is 12.4 Å². The second-order valence-electron chi connectivity index (χ2n) is 3.48. The molecule has 0 aromatic rings. The molecule has 0 atom stereocenters. The number of halogens is 1. The van der Waals surface area contributed by atoms with E-state index in [9.17, 15) is 0 Å². The number of rotatable bonds is 1. The maximum absolute atomic E-state index is 5.21. The third kappa shape index (κ3) is 3.41. The fraction of sp³-hybridized carbons (Fsp3) is 1.00. The molecule has 0 amide bonds. The van der Waals surface area contributed by atoms with Gasteiger partial charge in [-0.05, 0) is 19.8 Å². The molecule has 0 bridgehead atoms. The molecule has 1 saturated carbocycles. The normalized spacial score (nSPS) is 23.5. The van der Waals surface area contributed by atoms with Crippen molar-refractivity contribution >= 4 is 12.4 Å². The van der Waals surface area contributed by atoms with Crippen molar-refractivity contribution in [2.75, 3.05) is 0 Å². The summed E-state index contributed by atoms with van der Waals surface area (Å²) in [7, 11) is 0. The third-order valence-corrected chi connectivity index (χ3v) is 2.45. The first-order chi connectivity index (χ1) is 4.77. The Labute approximate surface area is 74.8 Å². The van der Waals surface area contributed by atoms with Crippen molar-refractivity contribution < 1.29 is 4.84 Å². The van der Waals surface area contributed by atoms with E-state index in [4.69, 9.17) is 10.7 Å². The summed E-state index contributed by atoms with van der Waals surface area (Å²) in [4.78, 5) is 4.96. The SMILES string of the molecule is CC1(ON)CCCCCC1.Cl. The first kappa shape index (κ1) is 11.2. The Morgan fingerprint density at radius 2 is 1.55 bits per heavy atom. The smallest absolute Gasteiger partial charge is 0.0865 e. The molecule has 1 aliphatic rings. The van der Waals surface area contributed by atoms with Gasteiger partial charge in [-0.25, -0.2) is 5.90 Å². The summed E-state index contributed by atoms with van der Waals surface area (Å²) >= 11 is 0. The minimum absolute atomic E-state index is 0. The lowest BCUT2D eigenvalue weighted by atomic mass is 9.97. The van der Waals surface area contributed by atoms with Gasteiger partial charge in [0.15, 0.2) is 0 Å². The van der Waals surface area contributed by atoms with Crippen LogP contribution in [0.3, 0.4) is 0 Å². The number of hydrogen-bond acceptors (Lipinski definition) is 2. The molecule has 0 unspecified atom stereocenters. The van der Waals surface area contributed by atoms with Gasteiger partial charge in [-0.3, -0.25) is 4.84 Å². The maximum atomic E-state index is 5.21. The molecule has 0 saturated heterocycles. The van der Waals surface area contributed by atoms with Gasteiger partial charge in [0.25, 0.3) is 0 Å². The van der Waals surface area contributed by atoms with E-state index in [1.807, 2.05) is 0 Å². The van der Waals surface area contributed by atoms with Crippen molar-refractivity contribution in [3.05, 3.63) is 0 Å². The number of nitrogens with two attached hydrogens (primary N) is 1.